The molecule has 0 aliphatic carbocycles. The van der Waals surface area contributed by atoms with E-state index < -0.39 is 0 Å². The smallest absolute Gasteiger partial charge is 0.220 e. The maximum absolute atomic E-state index is 12.0. The molecule has 3 nitrogen and oxygen atoms in total. The molecular weight excluding hydrogens is 304 g/mol. The molecule has 1 aromatic rings. The molecule has 4 heteroatoms. The molecule has 1 aromatic carbocycles. The molecule has 0 radical (unpaired) electrons. The molecule has 0 aromatic heterocycles. The second-order valence-electron chi connectivity index (χ2n) is 4.95. The number of halogens is 1. The number of hydrogen-bond donors (Lipinski definition) is 2. The van der Waals surface area contributed by atoms with Crippen molar-refractivity contribution in [1.29, 1.82) is 0 Å². The highest BCUT2D eigenvalue weighted by atomic mass is 79.9. The summed E-state index contributed by atoms with van der Waals surface area (Å²) in [6, 6.07) is 8.21. The van der Waals surface area contributed by atoms with Crippen molar-refractivity contribution >= 4 is 21.8 Å². The molecule has 0 aliphatic heterocycles. The quantitative estimate of drug-likeness (QED) is 0.808. The van der Waals surface area contributed by atoms with Crippen molar-refractivity contribution in [3.05, 3.63) is 34.3 Å². The monoisotopic (exact) mass is 326 g/mol. The topological polar surface area (TPSA) is 55.1 Å². The van der Waals surface area contributed by atoms with Gasteiger partial charge in [-0.15, -0.1) is 0 Å². The summed E-state index contributed by atoms with van der Waals surface area (Å²) in [7, 11) is 0. The molecule has 0 aliphatic rings. The Labute approximate surface area is 124 Å². The summed E-state index contributed by atoms with van der Waals surface area (Å²) in [6.45, 7) is 4.67. The average molecular weight is 327 g/mol. The van der Waals surface area contributed by atoms with Gasteiger partial charge in [0.1, 0.15) is 0 Å². The summed E-state index contributed by atoms with van der Waals surface area (Å²) in [5.74, 6) is 0.299. The first-order valence-corrected chi connectivity index (χ1v) is 7.61. The lowest BCUT2D eigenvalue weighted by Gasteiger charge is -2.18. The van der Waals surface area contributed by atoms with Crippen LogP contribution in [0.2, 0.25) is 0 Å². The van der Waals surface area contributed by atoms with Gasteiger partial charge in [0.15, 0.2) is 0 Å². The van der Waals surface area contributed by atoms with Crippen LogP contribution in [0.1, 0.15) is 44.6 Å². The molecule has 0 saturated heterocycles. The normalized spacial score (nSPS) is 13.9. The Kier molecular flexibility index (Phi) is 7.10. The largest absolute Gasteiger partial charge is 0.352 e. The van der Waals surface area contributed by atoms with Gasteiger partial charge in [-0.1, -0.05) is 48.3 Å². The van der Waals surface area contributed by atoms with E-state index in [9.17, 15) is 4.79 Å². The Bertz CT molecular complexity index is 392. The van der Waals surface area contributed by atoms with Gasteiger partial charge in [-0.25, -0.2) is 0 Å². The van der Waals surface area contributed by atoms with Crippen LogP contribution in [-0.2, 0) is 4.79 Å². The number of carbonyl (C=O) groups excluding carboxylic acids is 1. The third-order valence-electron chi connectivity index (χ3n) is 3.22. The average Bonchev–Trinajstić information content (AvgIpc) is 2.38. The standard InChI is InChI=1S/C15H23BrN2O/c1-3-4-14(10-17)18-15(19)9-11(2)12-5-7-13(16)8-6-12/h5-8,11,14H,3-4,9-10,17H2,1-2H3,(H,18,19). The Morgan fingerprint density at radius 3 is 2.53 bits per heavy atom. The molecular formula is C15H23BrN2O. The number of nitrogens with two attached hydrogens (primary N) is 1. The van der Waals surface area contributed by atoms with E-state index in [1.54, 1.807) is 0 Å². The van der Waals surface area contributed by atoms with Gasteiger partial charge in [-0.05, 0) is 30.0 Å². The molecule has 0 fully saturated rings. The fourth-order valence-corrected chi connectivity index (χ4v) is 2.34. The second-order valence-corrected chi connectivity index (χ2v) is 5.86. The Morgan fingerprint density at radius 2 is 2.00 bits per heavy atom. The molecule has 3 N–H and O–H groups in total. The highest BCUT2D eigenvalue weighted by molar-refractivity contribution is 9.10. The molecule has 2 atom stereocenters. The third-order valence-corrected chi connectivity index (χ3v) is 3.75. The zero-order valence-corrected chi connectivity index (χ0v) is 13.2. The number of amides is 1. The van der Waals surface area contributed by atoms with Gasteiger partial charge in [0, 0.05) is 23.5 Å². The van der Waals surface area contributed by atoms with E-state index in [0.29, 0.717) is 13.0 Å². The van der Waals surface area contributed by atoms with Crippen LogP contribution in [-0.4, -0.2) is 18.5 Å². The Balaban J connectivity index is 2.49. The van der Waals surface area contributed by atoms with E-state index in [1.165, 1.54) is 5.56 Å². The summed E-state index contributed by atoms with van der Waals surface area (Å²) >= 11 is 3.41. The summed E-state index contributed by atoms with van der Waals surface area (Å²) < 4.78 is 1.05. The number of benzene rings is 1. The Hall–Kier alpha value is -0.870. The number of nitrogens with one attached hydrogen (secondary N) is 1. The van der Waals surface area contributed by atoms with E-state index in [-0.39, 0.29) is 17.9 Å². The van der Waals surface area contributed by atoms with Crippen LogP contribution in [0.5, 0.6) is 0 Å². The van der Waals surface area contributed by atoms with Crippen molar-refractivity contribution in [2.24, 2.45) is 5.73 Å². The predicted molar refractivity (Wildman–Crippen MR) is 83.1 cm³/mol. The molecule has 19 heavy (non-hydrogen) atoms. The van der Waals surface area contributed by atoms with Gasteiger partial charge in [0.2, 0.25) is 5.91 Å². The molecule has 0 spiro atoms. The number of carbonyl (C=O) groups is 1. The van der Waals surface area contributed by atoms with Crippen LogP contribution in [0, 0.1) is 0 Å². The maximum Gasteiger partial charge on any atom is 0.220 e. The van der Waals surface area contributed by atoms with Crippen molar-refractivity contribution in [2.45, 2.75) is 45.1 Å². The number of rotatable bonds is 7. The van der Waals surface area contributed by atoms with Crippen molar-refractivity contribution in [3.63, 3.8) is 0 Å². The fraction of sp³-hybridized carbons (Fsp3) is 0.533. The zero-order chi connectivity index (χ0) is 14.3. The fourth-order valence-electron chi connectivity index (χ4n) is 2.07. The summed E-state index contributed by atoms with van der Waals surface area (Å²) in [6.07, 6.45) is 2.47. The van der Waals surface area contributed by atoms with Crippen LogP contribution in [0.25, 0.3) is 0 Å². The molecule has 0 saturated carbocycles. The SMILES string of the molecule is CCCC(CN)NC(=O)CC(C)c1ccc(Br)cc1. The minimum Gasteiger partial charge on any atom is -0.352 e. The summed E-state index contributed by atoms with van der Waals surface area (Å²) in [5, 5.41) is 3.01. The third kappa shape index (κ3) is 5.74. The van der Waals surface area contributed by atoms with Gasteiger partial charge < -0.3 is 11.1 Å². The lowest BCUT2D eigenvalue weighted by atomic mass is 9.97. The minimum atomic E-state index is 0.0827. The van der Waals surface area contributed by atoms with Crippen LogP contribution in [0.15, 0.2) is 28.7 Å². The van der Waals surface area contributed by atoms with Crippen molar-refractivity contribution in [3.8, 4) is 0 Å². The van der Waals surface area contributed by atoms with Gasteiger partial charge in [0.25, 0.3) is 0 Å². The maximum atomic E-state index is 12.0. The zero-order valence-electron chi connectivity index (χ0n) is 11.7. The molecule has 1 rings (SSSR count). The van der Waals surface area contributed by atoms with E-state index in [2.05, 4.69) is 47.2 Å². The predicted octanol–water partition coefficient (Wildman–Crippen LogP) is 3.19. The lowest BCUT2D eigenvalue weighted by molar-refractivity contribution is -0.122. The Morgan fingerprint density at radius 1 is 1.37 bits per heavy atom. The van der Waals surface area contributed by atoms with E-state index in [4.69, 9.17) is 5.73 Å². The van der Waals surface area contributed by atoms with E-state index in [0.717, 1.165) is 17.3 Å². The molecule has 1 amide bonds. The van der Waals surface area contributed by atoms with Crippen LogP contribution < -0.4 is 11.1 Å². The molecule has 2 unspecified atom stereocenters. The van der Waals surface area contributed by atoms with E-state index >= 15 is 0 Å². The highest BCUT2D eigenvalue weighted by Gasteiger charge is 2.14. The summed E-state index contributed by atoms with van der Waals surface area (Å²) in [5.41, 5.74) is 6.82. The first-order valence-electron chi connectivity index (χ1n) is 6.81. The van der Waals surface area contributed by atoms with Gasteiger partial charge >= 0.3 is 0 Å². The van der Waals surface area contributed by atoms with Crippen molar-refractivity contribution < 1.29 is 4.79 Å². The minimum absolute atomic E-state index is 0.0827. The van der Waals surface area contributed by atoms with Crippen molar-refractivity contribution in [2.75, 3.05) is 6.54 Å². The second kappa shape index (κ2) is 8.33. The molecule has 0 bridgehead atoms. The lowest BCUT2D eigenvalue weighted by Crippen LogP contribution is -2.40. The number of hydrogen-bond acceptors (Lipinski definition) is 2. The summed E-state index contributed by atoms with van der Waals surface area (Å²) in [4.78, 5) is 12.0. The van der Waals surface area contributed by atoms with Crippen molar-refractivity contribution in [1.82, 2.24) is 5.32 Å². The van der Waals surface area contributed by atoms with E-state index in [1.807, 2.05) is 12.1 Å². The molecule has 0 heterocycles. The van der Waals surface area contributed by atoms with Crippen LogP contribution >= 0.6 is 15.9 Å². The van der Waals surface area contributed by atoms with Gasteiger partial charge in [-0.2, -0.15) is 0 Å². The van der Waals surface area contributed by atoms with Gasteiger partial charge in [0.05, 0.1) is 0 Å². The first-order chi connectivity index (χ1) is 9.06. The molecule has 106 valence electrons. The highest BCUT2D eigenvalue weighted by Crippen LogP contribution is 2.21. The first kappa shape index (κ1) is 16.2. The van der Waals surface area contributed by atoms with Gasteiger partial charge in [-0.3, -0.25) is 4.79 Å². The van der Waals surface area contributed by atoms with Crippen LogP contribution in [0.3, 0.4) is 0 Å². The van der Waals surface area contributed by atoms with Crippen LogP contribution in [0.4, 0.5) is 0 Å².